The summed E-state index contributed by atoms with van der Waals surface area (Å²) in [5, 5.41) is 7.53. The second kappa shape index (κ2) is 2.77. The SMILES string of the molecule is Cn1cc(/C=C/Br)nn1. The third-order valence-corrected chi connectivity index (χ3v) is 1.12. The molecule has 0 radical (unpaired) electrons. The number of nitrogens with zero attached hydrogens (tertiary/aromatic N) is 3. The predicted molar refractivity (Wildman–Crippen MR) is 39.0 cm³/mol. The van der Waals surface area contributed by atoms with Crippen LogP contribution in [0.15, 0.2) is 11.2 Å². The smallest absolute Gasteiger partial charge is 0.106 e. The molecule has 4 heteroatoms. The molecule has 0 saturated heterocycles. The number of halogens is 1. The van der Waals surface area contributed by atoms with Gasteiger partial charge in [0.15, 0.2) is 0 Å². The van der Waals surface area contributed by atoms with Crippen LogP contribution in [-0.2, 0) is 7.05 Å². The first-order chi connectivity index (χ1) is 4.33. The first-order valence-electron chi connectivity index (χ1n) is 2.46. The van der Waals surface area contributed by atoms with Crippen molar-refractivity contribution in [2.45, 2.75) is 0 Å². The molecule has 1 rings (SSSR count). The van der Waals surface area contributed by atoms with Crippen LogP contribution in [0.1, 0.15) is 5.69 Å². The summed E-state index contributed by atoms with van der Waals surface area (Å²) in [5.41, 5.74) is 0.856. The highest BCUT2D eigenvalue weighted by Gasteiger charge is 1.88. The van der Waals surface area contributed by atoms with E-state index in [-0.39, 0.29) is 0 Å². The van der Waals surface area contributed by atoms with Gasteiger partial charge in [-0.25, -0.2) is 0 Å². The lowest BCUT2D eigenvalue weighted by atomic mass is 10.5. The zero-order valence-electron chi connectivity index (χ0n) is 4.95. The van der Waals surface area contributed by atoms with Crippen LogP contribution >= 0.6 is 15.9 Å². The minimum atomic E-state index is 0.856. The van der Waals surface area contributed by atoms with Crippen molar-refractivity contribution in [3.8, 4) is 0 Å². The fourth-order valence-corrected chi connectivity index (χ4v) is 0.777. The highest BCUT2D eigenvalue weighted by molar-refractivity contribution is 9.11. The quantitative estimate of drug-likeness (QED) is 0.662. The topological polar surface area (TPSA) is 30.7 Å². The van der Waals surface area contributed by atoms with E-state index in [1.54, 1.807) is 9.67 Å². The summed E-state index contributed by atoms with van der Waals surface area (Å²) in [5.74, 6) is 0. The maximum atomic E-state index is 3.80. The Labute approximate surface area is 61.5 Å². The van der Waals surface area contributed by atoms with Gasteiger partial charge in [-0.05, 0) is 11.1 Å². The molecule has 0 unspecified atom stereocenters. The van der Waals surface area contributed by atoms with Crippen LogP contribution in [0.5, 0.6) is 0 Å². The van der Waals surface area contributed by atoms with Crippen molar-refractivity contribution in [1.29, 1.82) is 0 Å². The fraction of sp³-hybridized carbons (Fsp3) is 0.200. The van der Waals surface area contributed by atoms with Crippen LogP contribution in [0, 0.1) is 0 Å². The summed E-state index contributed by atoms with van der Waals surface area (Å²) in [7, 11) is 1.83. The Morgan fingerprint density at radius 2 is 2.56 bits per heavy atom. The summed E-state index contributed by atoms with van der Waals surface area (Å²) in [6.45, 7) is 0. The summed E-state index contributed by atoms with van der Waals surface area (Å²) in [6, 6.07) is 0. The lowest BCUT2D eigenvalue weighted by Crippen LogP contribution is -1.85. The molecule has 0 N–H and O–H groups in total. The van der Waals surface area contributed by atoms with E-state index in [1.165, 1.54) is 0 Å². The van der Waals surface area contributed by atoms with E-state index in [9.17, 15) is 0 Å². The number of aromatic nitrogens is 3. The Kier molecular flexibility index (Phi) is 2.00. The molecule has 0 aliphatic heterocycles. The van der Waals surface area contributed by atoms with Crippen LogP contribution < -0.4 is 0 Å². The van der Waals surface area contributed by atoms with Gasteiger partial charge in [-0.15, -0.1) is 5.10 Å². The number of aryl methyl sites for hydroxylation is 1. The second-order valence-electron chi connectivity index (χ2n) is 1.61. The van der Waals surface area contributed by atoms with E-state index < -0.39 is 0 Å². The molecule has 0 amide bonds. The molecule has 0 aromatic carbocycles. The molecule has 0 atom stereocenters. The van der Waals surface area contributed by atoms with E-state index >= 15 is 0 Å². The summed E-state index contributed by atoms with van der Waals surface area (Å²) in [6.07, 6.45) is 3.66. The predicted octanol–water partition coefficient (Wildman–Crippen LogP) is 1.18. The van der Waals surface area contributed by atoms with E-state index in [2.05, 4.69) is 26.2 Å². The van der Waals surface area contributed by atoms with Gasteiger partial charge in [0.05, 0.1) is 6.20 Å². The molecule has 0 spiro atoms. The van der Waals surface area contributed by atoms with Crippen molar-refractivity contribution in [1.82, 2.24) is 15.0 Å². The zero-order valence-corrected chi connectivity index (χ0v) is 6.54. The fourth-order valence-electron chi connectivity index (χ4n) is 0.506. The molecule has 1 aromatic rings. The van der Waals surface area contributed by atoms with Crippen molar-refractivity contribution >= 4 is 22.0 Å². The second-order valence-corrected chi connectivity index (χ2v) is 2.14. The van der Waals surface area contributed by atoms with Crippen molar-refractivity contribution in [2.75, 3.05) is 0 Å². The Morgan fingerprint density at radius 1 is 1.78 bits per heavy atom. The maximum absolute atomic E-state index is 3.80. The standard InChI is InChI=1S/C5H6BrN3/c1-9-4-5(2-3-6)7-8-9/h2-4H,1H3/b3-2+. The molecule has 1 heterocycles. The van der Waals surface area contributed by atoms with Crippen LogP contribution in [0.25, 0.3) is 6.08 Å². The van der Waals surface area contributed by atoms with Gasteiger partial charge in [-0.3, -0.25) is 4.68 Å². The van der Waals surface area contributed by atoms with E-state index in [1.807, 2.05) is 19.3 Å². The molecule has 0 aliphatic carbocycles. The molecule has 3 nitrogen and oxygen atoms in total. The van der Waals surface area contributed by atoms with Crippen LogP contribution in [0.4, 0.5) is 0 Å². The summed E-state index contributed by atoms with van der Waals surface area (Å²) < 4.78 is 1.66. The number of hydrogen-bond donors (Lipinski definition) is 0. The van der Waals surface area contributed by atoms with E-state index in [0.29, 0.717) is 0 Å². The van der Waals surface area contributed by atoms with E-state index in [0.717, 1.165) is 5.69 Å². The average molecular weight is 188 g/mol. The monoisotopic (exact) mass is 187 g/mol. The van der Waals surface area contributed by atoms with Gasteiger partial charge in [-0.2, -0.15) is 0 Å². The van der Waals surface area contributed by atoms with Crippen LogP contribution in [-0.4, -0.2) is 15.0 Å². The summed E-state index contributed by atoms with van der Waals surface area (Å²) >= 11 is 3.14. The number of hydrogen-bond acceptors (Lipinski definition) is 2. The highest BCUT2D eigenvalue weighted by Crippen LogP contribution is 1.96. The normalized spacial score (nSPS) is 10.9. The van der Waals surface area contributed by atoms with Gasteiger partial charge in [0.1, 0.15) is 5.69 Å². The van der Waals surface area contributed by atoms with Gasteiger partial charge in [0.25, 0.3) is 0 Å². The summed E-state index contributed by atoms with van der Waals surface area (Å²) in [4.78, 5) is 1.75. The minimum Gasteiger partial charge on any atom is -0.255 e. The minimum absolute atomic E-state index is 0.856. The van der Waals surface area contributed by atoms with Crippen molar-refractivity contribution in [3.05, 3.63) is 16.9 Å². The first-order valence-corrected chi connectivity index (χ1v) is 3.37. The van der Waals surface area contributed by atoms with Gasteiger partial charge < -0.3 is 0 Å². The Bertz CT molecular complexity index is 216. The lowest BCUT2D eigenvalue weighted by Gasteiger charge is -1.76. The zero-order chi connectivity index (χ0) is 6.69. The molecule has 9 heavy (non-hydrogen) atoms. The molecule has 1 aromatic heterocycles. The van der Waals surface area contributed by atoms with Crippen molar-refractivity contribution in [2.24, 2.45) is 7.05 Å². The molecule has 0 saturated carbocycles. The maximum Gasteiger partial charge on any atom is 0.106 e. The Morgan fingerprint density at radius 3 is 3.00 bits per heavy atom. The molecule has 0 aliphatic rings. The van der Waals surface area contributed by atoms with Gasteiger partial charge >= 0.3 is 0 Å². The molecule has 0 fully saturated rings. The van der Waals surface area contributed by atoms with Gasteiger partial charge in [-0.1, -0.05) is 21.1 Å². The number of rotatable bonds is 1. The highest BCUT2D eigenvalue weighted by atomic mass is 79.9. The van der Waals surface area contributed by atoms with Crippen LogP contribution in [0.3, 0.4) is 0 Å². The Balaban J connectivity index is 2.85. The third kappa shape index (κ3) is 1.64. The lowest BCUT2D eigenvalue weighted by molar-refractivity contribution is 0.714. The molecule has 0 bridgehead atoms. The largest absolute Gasteiger partial charge is 0.255 e. The van der Waals surface area contributed by atoms with Crippen molar-refractivity contribution < 1.29 is 0 Å². The Hall–Kier alpha value is -0.640. The van der Waals surface area contributed by atoms with Gasteiger partial charge in [0, 0.05) is 7.05 Å². The van der Waals surface area contributed by atoms with E-state index in [4.69, 9.17) is 0 Å². The average Bonchev–Trinajstić information content (AvgIpc) is 2.17. The van der Waals surface area contributed by atoms with Gasteiger partial charge in [0.2, 0.25) is 0 Å². The molecule has 48 valence electrons. The van der Waals surface area contributed by atoms with Crippen LogP contribution in [0.2, 0.25) is 0 Å². The molecular formula is C5H6BrN3. The first kappa shape index (κ1) is 6.48. The third-order valence-electron chi connectivity index (χ3n) is 0.854. The van der Waals surface area contributed by atoms with Crippen molar-refractivity contribution in [3.63, 3.8) is 0 Å². The molecular weight excluding hydrogens is 182 g/mol.